The van der Waals surface area contributed by atoms with Gasteiger partial charge in [-0.05, 0) is 24.8 Å². The van der Waals surface area contributed by atoms with E-state index in [0.29, 0.717) is 19.0 Å². The molecule has 1 aromatic rings. The Kier molecular flexibility index (Phi) is 6.24. The van der Waals surface area contributed by atoms with E-state index < -0.39 is 0 Å². The molecular weight excluding hydrogens is 280 g/mol. The lowest BCUT2D eigenvalue weighted by atomic mass is 9.86. The molecule has 6 heteroatoms. The molecule has 0 saturated heterocycles. The molecule has 1 heterocycles. The number of aliphatic hydroxyl groups excluding tert-OH is 1. The van der Waals surface area contributed by atoms with Crippen LogP contribution < -0.4 is 5.32 Å². The number of nitrogens with one attached hydrogen (secondary N) is 1. The van der Waals surface area contributed by atoms with Crippen LogP contribution >= 0.6 is 0 Å². The quantitative estimate of drug-likeness (QED) is 0.840. The topological polar surface area (TPSA) is 70.4 Å². The summed E-state index contributed by atoms with van der Waals surface area (Å²) < 4.78 is 1.87. The third-order valence-electron chi connectivity index (χ3n) is 4.38. The highest BCUT2D eigenvalue weighted by molar-refractivity contribution is 5.73. The van der Waals surface area contributed by atoms with Crippen LogP contribution in [0.1, 0.15) is 32.6 Å². The van der Waals surface area contributed by atoms with Crippen LogP contribution in [0.15, 0.2) is 18.5 Å². The van der Waals surface area contributed by atoms with E-state index >= 15 is 0 Å². The Morgan fingerprint density at radius 3 is 2.95 bits per heavy atom. The molecule has 2 rings (SSSR count). The maximum atomic E-state index is 12.1. The summed E-state index contributed by atoms with van der Waals surface area (Å²) in [5.74, 6) is 0.531. The minimum atomic E-state index is -0.261. The van der Waals surface area contributed by atoms with Crippen molar-refractivity contribution in [3.05, 3.63) is 18.5 Å². The van der Waals surface area contributed by atoms with Crippen LogP contribution in [-0.4, -0.2) is 52.1 Å². The van der Waals surface area contributed by atoms with Gasteiger partial charge in [0, 0.05) is 45.0 Å². The molecule has 22 heavy (non-hydrogen) atoms. The lowest BCUT2D eigenvalue weighted by Gasteiger charge is -2.31. The molecule has 1 aromatic heterocycles. The van der Waals surface area contributed by atoms with Gasteiger partial charge in [0.15, 0.2) is 0 Å². The molecule has 2 N–H and O–H groups in total. The maximum absolute atomic E-state index is 12.1. The Bertz CT molecular complexity index is 449. The van der Waals surface area contributed by atoms with Gasteiger partial charge in [-0.15, -0.1) is 0 Å². The molecule has 1 aliphatic carbocycles. The molecule has 1 aliphatic rings. The molecule has 0 bridgehead atoms. The summed E-state index contributed by atoms with van der Waals surface area (Å²) in [6.07, 6.45) is 7.54. The van der Waals surface area contributed by atoms with E-state index in [1.807, 2.05) is 16.9 Å². The highest BCUT2D eigenvalue weighted by Gasteiger charge is 2.25. The van der Waals surface area contributed by atoms with Crippen LogP contribution in [0, 0.1) is 11.8 Å². The Morgan fingerprint density at radius 1 is 1.50 bits per heavy atom. The first-order valence-electron chi connectivity index (χ1n) is 8.20. The highest BCUT2D eigenvalue weighted by atomic mass is 16.3. The van der Waals surface area contributed by atoms with Gasteiger partial charge in [0.1, 0.15) is 0 Å². The monoisotopic (exact) mass is 308 g/mol. The number of hydrogen-bond acceptors (Lipinski definition) is 3. The van der Waals surface area contributed by atoms with Gasteiger partial charge in [-0.1, -0.05) is 19.8 Å². The van der Waals surface area contributed by atoms with Crippen LogP contribution in [0.5, 0.6) is 0 Å². The van der Waals surface area contributed by atoms with E-state index in [4.69, 9.17) is 0 Å². The second-order valence-electron chi connectivity index (χ2n) is 6.51. The van der Waals surface area contributed by atoms with E-state index in [1.165, 1.54) is 0 Å². The number of nitrogens with zero attached hydrogens (tertiary/aromatic N) is 3. The fraction of sp³-hybridized carbons (Fsp3) is 0.750. The normalized spacial score (nSPS) is 23.0. The number of carbonyl (C=O) groups excluding carboxylic acids is 1. The van der Waals surface area contributed by atoms with E-state index in [-0.39, 0.29) is 18.1 Å². The summed E-state index contributed by atoms with van der Waals surface area (Å²) in [4.78, 5) is 13.8. The molecular formula is C16H28N4O2. The zero-order chi connectivity index (χ0) is 15.9. The summed E-state index contributed by atoms with van der Waals surface area (Å²) in [5, 5.41) is 17.1. The first-order chi connectivity index (χ1) is 10.6. The fourth-order valence-electron chi connectivity index (χ4n) is 3.02. The van der Waals surface area contributed by atoms with Crippen molar-refractivity contribution in [3.63, 3.8) is 0 Å². The number of carbonyl (C=O) groups is 1. The van der Waals surface area contributed by atoms with Crippen LogP contribution in [0.2, 0.25) is 0 Å². The zero-order valence-corrected chi connectivity index (χ0v) is 13.6. The Morgan fingerprint density at radius 2 is 2.27 bits per heavy atom. The first-order valence-corrected chi connectivity index (χ1v) is 8.20. The summed E-state index contributed by atoms with van der Waals surface area (Å²) >= 11 is 0. The van der Waals surface area contributed by atoms with Crippen LogP contribution in [-0.2, 0) is 6.54 Å². The van der Waals surface area contributed by atoms with Crippen LogP contribution in [0.3, 0.4) is 0 Å². The number of aromatic nitrogens is 2. The number of aliphatic hydroxyl groups is 1. The summed E-state index contributed by atoms with van der Waals surface area (Å²) in [6.45, 7) is 4.13. The van der Waals surface area contributed by atoms with Crippen molar-refractivity contribution >= 4 is 6.03 Å². The van der Waals surface area contributed by atoms with Crippen molar-refractivity contribution in [2.75, 3.05) is 20.1 Å². The predicted molar refractivity (Wildman–Crippen MR) is 85.4 cm³/mol. The second-order valence-corrected chi connectivity index (χ2v) is 6.51. The predicted octanol–water partition coefficient (Wildman–Crippen LogP) is 1.71. The second kappa shape index (κ2) is 8.17. The summed E-state index contributed by atoms with van der Waals surface area (Å²) in [7, 11) is 1.80. The van der Waals surface area contributed by atoms with E-state index in [0.717, 1.165) is 32.2 Å². The molecule has 0 radical (unpaired) electrons. The lowest BCUT2D eigenvalue weighted by molar-refractivity contribution is 0.0564. The Hall–Kier alpha value is -1.56. The molecule has 6 nitrogen and oxygen atoms in total. The lowest BCUT2D eigenvalue weighted by Crippen LogP contribution is -2.44. The minimum absolute atomic E-state index is 0.0647. The van der Waals surface area contributed by atoms with Gasteiger partial charge in [-0.2, -0.15) is 5.10 Å². The summed E-state index contributed by atoms with van der Waals surface area (Å²) in [6, 6.07) is 1.83. The molecule has 124 valence electrons. The smallest absolute Gasteiger partial charge is 0.317 e. The van der Waals surface area contributed by atoms with Gasteiger partial charge >= 0.3 is 6.03 Å². The molecule has 0 aliphatic heterocycles. The molecule has 1 saturated carbocycles. The maximum Gasteiger partial charge on any atom is 0.317 e. The molecule has 0 spiro atoms. The Balaban J connectivity index is 1.69. The van der Waals surface area contributed by atoms with Crippen molar-refractivity contribution in [2.45, 2.75) is 45.3 Å². The van der Waals surface area contributed by atoms with Gasteiger partial charge < -0.3 is 15.3 Å². The highest BCUT2D eigenvalue weighted by Crippen LogP contribution is 2.24. The number of rotatable bonds is 6. The standard InChI is InChI=1S/C16H28N4O2/c1-13(11-20-9-5-8-18-20)10-17-16(22)19(2)12-14-6-3-4-7-15(14)21/h5,8-9,13-15,21H,3-4,6-7,10-12H2,1-2H3,(H,17,22)/t13-,14-,15-/m1/s1. The number of urea groups is 1. The SMILES string of the molecule is C[C@H](CNC(=O)N(C)C[C@H]1CCCC[C@H]1O)Cn1cccn1. The van der Waals surface area contributed by atoms with Gasteiger partial charge in [0.05, 0.1) is 6.10 Å². The summed E-state index contributed by atoms with van der Waals surface area (Å²) in [5.41, 5.74) is 0. The van der Waals surface area contributed by atoms with Crippen LogP contribution in [0.25, 0.3) is 0 Å². The van der Waals surface area contributed by atoms with Crippen molar-refractivity contribution < 1.29 is 9.90 Å². The van der Waals surface area contributed by atoms with Crippen LogP contribution in [0.4, 0.5) is 4.79 Å². The zero-order valence-electron chi connectivity index (χ0n) is 13.6. The van der Waals surface area contributed by atoms with E-state index in [2.05, 4.69) is 17.3 Å². The van der Waals surface area contributed by atoms with Gasteiger partial charge in [0.25, 0.3) is 0 Å². The van der Waals surface area contributed by atoms with Crippen molar-refractivity contribution in [1.82, 2.24) is 20.0 Å². The minimum Gasteiger partial charge on any atom is -0.393 e. The van der Waals surface area contributed by atoms with Gasteiger partial charge in [0.2, 0.25) is 0 Å². The average molecular weight is 308 g/mol. The van der Waals surface area contributed by atoms with E-state index in [9.17, 15) is 9.90 Å². The third kappa shape index (κ3) is 5.02. The average Bonchev–Trinajstić information content (AvgIpc) is 3.00. The largest absolute Gasteiger partial charge is 0.393 e. The van der Waals surface area contributed by atoms with Crippen molar-refractivity contribution in [3.8, 4) is 0 Å². The number of hydrogen-bond donors (Lipinski definition) is 2. The molecule has 3 atom stereocenters. The van der Waals surface area contributed by atoms with E-state index in [1.54, 1.807) is 18.1 Å². The Labute approximate surface area is 132 Å². The fourth-order valence-corrected chi connectivity index (χ4v) is 3.02. The van der Waals surface area contributed by atoms with Gasteiger partial charge in [-0.25, -0.2) is 4.79 Å². The number of amides is 2. The first kappa shape index (κ1) is 16.8. The van der Waals surface area contributed by atoms with Crippen molar-refractivity contribution in [2.24, 2.45) is 11.8 Å². The molecule has 2 amide bonds. The molecule has 0 unspecified atom stereocenters. The third-order valence-corrected chi connectivity index (χ3v) is 4.38. The van der Waals surface area contributed by atoms with Crippen molar-refractivity contribution in [1.29, 1.82) is 0 Å². The van der Waals surface area contributed by atoms with Gasteiger partial charge in [-0.3, -0.25) is 4.68 Å². The molecule has 0 aromatic carbocycles. The molecule has 1 fully saturated rings.